The number of aryl methyl sites for hydroxylation is 2. The first-order chi connectivity index (χ1) is 13.1. The van der Waals surface area contributed by atoms with Crippen LogP contribution in [-0.4, -0.2) is 10.9 Å². The average Bonchev–Trinajstić information content (AvgIpc) is 3.32. The monoisotopic (exact) mass is 396 g/mol. The number of nitrogens with zero attached hydrogens (tertiary/aromatic N) is 1. The van der Waals surface area contributed by atoms with Crippen LogP contribution >= 0.6 is 22.7 Å². The normalized spacial score (nSPS) is 16.1. The third-order valence-electron chi connectivity index (χ3n) is 5.23. The number of fused-ring (bicyclic) bond motifs is 1. The molecule has 2 heterocycles. The molecule has 27 heavy (non-hydrogen) atoms. The molecule has 3 nitrogen and oxygen atoms in total. The molecule has 0 radical (unpaired) electrons. The highest BCUT2D eigenvalue weighted by Crippen LogP contribution is 2.33. The molecule has 0 aliphatic heterocycles. The van der Waals surface area contributed by atoms with Gasteiger partial charge in [0.15, 0.2) is 0 Å². The molecular formula is C22H24N2OS2. The van der Waals surface area contributed by atoms with Gasteiger partial charge < -0.3 is 5.32 Å². The zero-order valence-electron chi connectivity index (χ0n) is 15.7. The number of nitrogens with one attached hydrogen (secondary N) is 1. The van der Waals surface area contributed by atoms with Crippen LogP contribution in [0, 0.1) is 12.8 Å². The van der Waals surface area contributed by atoms with Crippen molar-refractivity contribution in [3.8, 4) is 10.6 Å². The Kier molecular flexibility index (Phi) is 5.41. The number of aromatic nitrogens is 1. The molecule has 2 aromatic heterocycles. The van der Waals surface area contributed by atoms with Gasteiger partial charge in [-0.05, 0) is 49.8 Å². The fraction of sp³-hybridized carbons (Fsp3) is 0.364. The third-order valence-corrected chi connectivity index (χ3v) is 7.41. The zero-order chi connectivity index (χ0) is 18.8. The molecule has 1 amide bonds. The molecule has 0 bridgehead atoms. The van der Waals surface area contributed by atoms with Crippen LogP contribution in [0.3, 0.4) is 0 Å². The van der Waals surface area contributed by atoms with Gasteiger partial charge in [-0.3, -0.25) is 4.79 Å². The molecule has 140 valence electrons. The summed E-state index contributed by atoms with van der Waals surface area (Å²) < 4.78 is 0. The van der Waals surface area contributed by atoms with Gasteiger partial charge in [0, 0.05) is 15.8 Å². The fourth-order valence-corrected chi connectivity index (χ4v) is 5.56. The van der Waals surface area contributed by atoms with Crippen molar-refractivity contribution in [3.63, 3.8) is 0 Å². The maximum absolute atomic E-state index is 12.6. The van der Waals surface area contributed by atoms with Crippen molar-refractivity contribution in [2.45, 2.75) is 46.1 Å². The number of thiazole rings is 1. The molecule has 1 N–H and O–H groups in total. The Balaban J connectivity index is 1.40. The lowest BCUT2D eigenvalue weighted by atomic mass is 9.87. The summed E-state index contributed by atoms with van der Waals surface area (Å²) in [6.45, 7) is 4.82. The molecule has 0 saturated heterocycles. The van der Waals surface area contributed by atoms with Gasteiger partial charge in [-0.2, -0.15) is 0 Å². The predicted octanol–water partition coefficient (Wildman–Crippen LogP) is 5.62. The lowest BCUT2D eigenvalue weighted by Gasteiger charge is -2.19. The molecule has 3 aromatic rings. The second-order valence-corrected chi connectivity index (χ2v) is 9.27. The summed E-state index contributed by atoms with van der Waals surface area (Å²) >= 11 is 3.29. The van der Waals surface area contributed by atoms with E-state index in [1.54, 1.807) is 22.7 Å². The van der Waals surface area contributed by atoms with Gasteiger partial charge in [0.2, 0.25) is 0 Å². The van der Waals surface area contributed by atoms with E-state index in [2.05, 4.69) is 54.5 Å². The zero-order valence-corrected chi connectivity index (χ0v) is 17.4. The van der Waals surface area contributed by atoms with Crippen LogP contribution < -0.4 is 5.32 Å². The van der Waals surface area contributed by atoms with E-state index in [9.17, 15) is 4.79 Å². The van der Waals surface area contributed by atoms with E-state index in [0.29, 0.717) is 6.54 Å². The van der Waals surface area contributed by atoms with Crippen molar-refractivity contribution in [1.29, 1.82) is 0 Å². The topological polar surface area (TPSA) is 42.0 Å². The van der Waals surface area contributed by atoms with Crippen LogP contribution in [0.15, 0.2) is 35.7 Å². The highest BCUT2D eigenvalue weighted by molar-refractivity contribution is 7.14. The van der Waals surface area contributed by atoms with E-state index >= 15 is 0 Å². The van der Waals surface area contributed by atoms with Crippen LogP contribution in [0.25, 0.3) is 10.6 Å². The molecule has 1 atom stereocenters. The fourth-order valence-electron chi connectivity index (χ4n) is 3.62. The largest absolute Gasteiger partial charge is 0.346 e. The number of rotatable bonds is 5. The second kappa shape index (κ2) is 7.95. The van der Waals surface area contributed by atoms with Gasteiger partial charge in [-0.25, -0.2) is 4.98 Å². The van der Waals surface area contributed by atoms with Crippen LogP contribution in [0.2, 0.25) is 0 Å². The van der Waals surface area contributed by atoms with E-state index in [-0.39, 0.29) is 5.91 Å². The Labute approximate surface area is 168 Å². The number of thiophene rings is 1. The summed E-state index contributed by atoms with van der Waals surface area (Å²) in [5.74, 6) is 0.797. The Morgan fingerprint density at radius 3 is 3.04 bits per heavy atom. The smallest absolute Gasteiger partial charge is 0.261 e. The van der Waals surface area contributed by atoms with Crippen LogP contribution in [0.4, 0.5) is 0 Å². The average molecular weight is 397 g/mol. The standard InChI is InChI=1S/C22H24N2OS2/c1-3-15-7-8-19-17(10-15)11-20(27-19)21(25)23-12-18-13-26-22(24-18)16-6-4-5-14(2)9-16/h4-6,9,11,13,15H,3,7-8,10,12H2,1-2H3,(H,23,25)/t15-/m1/s1. The number of amides is 1. The number of hydrogen-bond donors (Lipinski definition) is 1. The van der Waals surface area contributed by atoms with Gasteiger partial charge in [-0.1, -0.05) is 37.1 Å². The molecule has 0 fully saturated rings. The minimum atomic E-state index is 0.0209. The SMILES string of the molecule is CC[C@@H]1CCc2sc(C(=O)NCc3csc(-c4cccc(C)c4)n3)cc2C1. The van der Waals surface area contributed by atoms with Gasteiger partial charge in [0.05, 0.1) is 17.1 Å². The number of carbonyl (C=O) groups is 1. The van der Waals surface area contributed by atoms with Gasteiger partial charge in [-0.15, -0.1) is 22.7 Å². The minimum absolute atomic E-state index is 0.0209. The van der Waals surface area contributed by atoms with E-state index in [1.165, 1.54) is 28.8 Å². The van der Waals surface area contributed by atoms with E-state index in [1.807, 2.05) is 5.38 Å². The van der Waals surface area contributed by atoms with Crippen LogP contribution in [0.5, 0.6) is 0 Å². The van der Waals surface area contributed by atoms with Gasteiger partial charge in [0.25, 0.3) is 5.91 Å². The summed E-state index contributed by atoms with van der Waals surface area (Å²) in [5, 5.41) is 6.07. The maximum Gasteiger partial charge on any atom is 0.261 e. The molecule has 4 rings (SSSR count). The summed E-state index contributed by atoms with van der Waals surface area (Å²) in [6, 6.07) is 10.5. The molecule has 1 aliphatic rings. The molecular weight excluding hydrogens is 372 g/mol. The van der Waals surface area contributed by atoms with Crippen LogP contribution in [-0.2, 0) is 19.4 Å². The first kappa shape index (κ1) is 18.4. The molecule has 0 spiro atoms. The predicted molar refractivity (Wildman–Crippen MR) is 114 cm³/mol. The molecule has 5 heteroatoms. The molecule has 1 aliphatic carbocycles. The molecule has 0 unspecified atom stereocenters. The minimum Gasteiger partial charge on any atom is -0.346 e. The van der Waals surface area contributed by atoms with Crippen LogP contribution in [0.1, 0.15) is 51.1 Å². The van der Waals surface area contributed by atoms with Crippen molar-refractivity contribution < 1.29 is 4.79 Å². The quantitative estimate of drug-likeness (QED) is 0.608. The lowest BCUT2D eigenvalue weighted by Crippen LogP contribution is -2.21. The summed E-state index contributed by atoms with van der Waals surface area (Å²) in [5.41, 5.74) is 4.66. The first-order valence-corrected chi connectivity index (χ1v) is 11.2. The summed E-state index contributed by atoms with van der Waals surface area (Å²) in [7, 11) is 0. The Morgan fingerprint density at radius 1 is 1.33 bits per heavy atom. The Morgan fingerprint density at radius 2 is 2.22 bits per heavy atom. The van der Waals surface area contributed by atoms with Crippen molar-refractivity contribution in [2.24, 2.45) is 5.92 Å². The van der Waals surface area contributed by atoms with Crippen molar-refractivity contribution >= 4 is 28.6 Å². The molecule has 1 aromatic carbocycles. The number of carbonyl (C=O) groups excluding carboxylic acids is 1. The lowest BCUT2D eigenvalue weighted by molar-refractivity contribution is 0.0954. The van der Waals surface area contributed by atoms with E-state index in [0.717, 1.165) is 39.9 Å². The van der Waals surface area contributed by atoms with Gasteiger partial charge >= 0.3 is 0 Å². The van der Waals surface area contributed by atoms with E-state index < -0.39 is 0 Å². The van der Waals surface area contributed by atoms with Crippen molar-refractivity contribution in [1.82, 2.24) is 10.3 Å². The molecule has 0 saturated carbocycles. The highest BCUT2D eigenvalue weighted by Gasteiger charge is 2.22. The number of benzene rings is 1. The number of hydrogen-bond acceptors (Lipinski definition) is 4. The van der Waals surface area contributed by atoms with Crippen molar-refractivity contribution in [3.05, 3.63) is 62.3 Å². The van der Waals surface area contributed by atoms with E-state index in [4.69, 9.17) is 0 Å². The van der Waals surface area contributed by atoms with Crippen molar-refractivity contribution in [2.75, 3.05) is 0 Å². The third kappa shape index (κ3) is 4.14. The highest BCUT2D eigenvalue weighted by atomic mass is 32.1. The summed E-state index contributed by atoms with van der Waals surface area (Å²) in [6.07, 6.45) is 4.73. The maximum atomic E-state index is 12.6. The Hall–Kier alpha value is -1.98. The second-order valence-electron chi connectivity index (χ2n) is 7.27. The Bertz CT molecular complexity index is 957. The summed E-state index contributed by atoms with van der Waals surface area (Å²) in [4.78, 5) is 19.5. The van der Waals surface area contributed by atoms with Gasteiger partial charge in [0.1, 0.15) is 5.01 Å². The first-order valence-electron chi connectivity index (χ1n) is 9.53.